The molecule has 1 fully saturated rings. The first kappa shape index (κ1) is 20.6. The van der Waals surface area contributed by atoms with Gasteiger partial charge >= 0.3 is 0 Å². The number of halogens is 1. The van der Waals surface area contributed by atoms with Gasteiger partial charge in [-0.1, -0.05) is 49.4 Å². The predicted molar refractivity (Wildman–Crippen MR) is 122 cm³/mol. The van der Waals surface area contributed by atoms with Crippen LogP contribution in [0.4, 0.5) is 10.3 Å². The molecule has 5 rings (SSSR count). The van der Waals surface area contributed by atoms with E-state index in [2.05, 4.69) is 19.9 Å². The van der Waals surface area contributed by atoms with Crippen LogP contribution in [0.15, 0.2) is 53.5 Å². The third kappa shape index (κ3) is 3.86. The van der Waals surface area contributed by atoms with Crippen molar-refractivity contribution < 1.29 is 9.13 Å². The van der Waals surface area contributed by atoms with Crippen LogP contribution in [0.1, 0.15) is 24.2 Å². The Morgan fingerprint density at radius 2 is 1.81 bits per heavy atom. The van der Waals surface area contributed by atoms with Gasteiger partial charge in [-0.05, 0) is 17.2 Å². The molecule has 2 aromatic carbocycles. The topological polar surface area (TPSA) is 58.8 Å². The lowest BCUT2D eigenvalue weighted by Crippen LogP contribution is -2.47. The van der Waals surface area contributed by atoms with E-state index in [0.717, 1.165) is 49.1 Å². The van der Waals surface area contributed by atoms with E-state index < -0.39 is 0 Å². The van der Waals surface area contributed by atoms with Crippen LogP contribution < -0.4 is 4.90 Å². The molecule has 0 aliphatic carbocycles. The number of nitrogens with zero attached hydrogens (tertiary/aromatic N) is 6. The lowest BCUT2D eigenvalue weighted by Gasteiger charge is -2.31. The van der Waals surface area contributed by atoms with E-state index in [1.165, 1.54) is 0 Å². The molecule has 0 amide bonds. The van der Waals surface area contributed by atoms with Gasteiger partial charge < -0.3 is 9.64 Å². The number of hydrogen-bond donors (Lipinski definition) is 0. The maximum absolute atomic E-state index is 14.9. The smallest absolute Gasteiger partial charge is 0.251 e. The molecule has 1 atom stereocenters. The van der Waals surface area contributed by atoms with E-state index in [4.69, 9.17) is 9.72 Å². The first-order valence-electron chi connectivity index (χ1n) is 11.0. The summed E-state index contributed by atoms with van der Waals surface area (Å²) < 4.78 is 22.2. The summed E-state index contributed by atoms with van der Waals surface area (Å²) in [5.41, 5.74) is 2.34. The molecule has 3 aromatic rings. The molecule has 0 saturated carbocycles. The number of hydrogen-bond acceptors (Lipinski definition) is 6. The predicted octanol–water partition coefficient (Wildman–Crippen LogP) is 3.28. The third-order valence-corrected chi connectivity index (χ3v) is 6.10. The minimum Gasteiger partial charge on any atom is -0.378 e. The summed E-state index contributed by atoms with van der Waals surface area (Å²) in [7, 11) is 1.89. The molecule has 2 aliphatic heterocycles. The average molecular weight is 435 g/mol. The lowest BCUT2D eigenvalue weighted by atomic mass is 9.96. The Kier molecular flexibility index (Phi) is 5.61. The first-order valence-corrected chi connectivity index (χ1v) is 11.0. The van der Waals surface area contributed by atoms with Crippen molar-refractivity contribution in [2.75, 3.05) is 44.3 Å². The Bertz CT molecular complexity index is 1120. The van der Waals surface area contributed by atoms with E-state index in [1.54, 1.807) is 10.7 Å². The van der Waals surface area contributed by atoms with Crippen molar-refractivity contribution in [1.82, 2.24) is 19.7 Å². The monoisotopic (exact) mass is 434 g/mol. The molecule has 1 unspecified atom stereocenters. The summed E-state index contributed by atoms with van der Waals surface area (Å²) in [5.74, 6) is 2.01. The summed E-state index contributed by atoms with van der Waals surface area (Å²) in [4.78, 5) is 13.8. The van der Waals surface area contributed by atoms with E-state index >= 15 is 0 Å². The summed E-state index contributed by atoms with van der Waals surface area (Å²) >= 11 is 0. The summed E-state index contributed by atoms with van der Waals surface area (Å²) in [6, 6.07) is 15.0. The number of guanidine groups is 1. The number of ether oxygens (including phenoxy) is 1. The molecule has 2 aliphatic rings. The van der Waals surface area contributed by atoms with Gasteiger partial charge in [0.05, 0.1) is 19.8 Å². The van der Waals surface area contributed by atoms with E-state index in [1.807, 2.05) is 56.4 Å². The van der Waals surface area contributed by atoms with E-state index in [0.29, 0.717) is 24.7 Å². The maximum atomic E-state index is 14.9. The average Bonchev–Trinajstić information content (AvgIpc) is 3.46. The molecule has 1 saturated heterocycles. The van der Waals surface area contributed by atoms with Crippen LogP contribution in [0.3, 0.4) is 0 Å². The Morgan fingerprint density at radius 1 is 1.03 bits per heavy atom. The number of benzene rings is 2. The Hall–Kier alpha value is -3.26. The van der Waals surface area contributed by atoms with Gasteiger partial charge in [0.1, 0.15) is 11.6 Å². The van der Waals surface area contributed by atoms with Gasteiger partial charge in [0.15, 0.2) is 0 Å². The van der Waals surface area contributed by atoms with Crippen molar-refractivity contribution in [3.05, 3.63) is 65.7 Å². The Balaban J connectivity index is 1.39. The van der Waals surface area contributed by atoms with Crippen molar-refractivity contribution in [3.63, 3.8) is 0 Å². The number of morpholine rings is 1. The zero-order chi connectivity index (χ0) is 22.1. The number of aromatic nitrogens is 3. The van der Waals surface area contributed by atoms with Gasteiger partial charge in [0.2, 0.25) is 5.96 Å². The fraction of sp³-hybridized carbons (Fsp3) is 0.375. The van der Waals surface area contributed by atoms with Crippen molar-refractivity contribution in [2.45, 2.75) is 12.8 Å². The highest BCUT2D eigenvalue weighted by atomic mass is 19.1. The van der Waals surface area contributed by atoms with Crippen LogP contribution in [0.5, 0.6) is 0 Å². The lowest BCUT2D eigenvalue weighted by molar-refractivity contribution is 0.0675. The fourth-order valence-electron chi connectivity index (χ4n) is 4.33. The highest BCUT2D eigenvalue weighted by molar-refractivity contribution is 5.96. The fourth-order valence-corrected chi connectivity index (χ4v) is 4.33. The van der Waals surface area contributed by atoms with Gasteiger partial charge in [-0.25, -0.2) is 4.39 Å². The van der Waals surface area contributed by atoms with Crippen LogP contribution in [-0.2, 0) is 11.8 Å². The van der Waals surface area contributed by atoms with Crippen LogP contribution in [0.2, 0.25) is 0 Å². The quantitative estimate of drug-likeness (QED) is 0.631. The highest BCUT2D eigenvalue weighted by Gasteiger charge is 2.29. The van der Waals surface area contributed by atoms with Gasteiger partial charge in [-0.3, -0.25) is 14.6 Å². The maximum Gasteiger partial charge on any atom is 0.251 e. The number of aliphatic imine (C=N–C) groups is 1. The highest BCUT2D eigenvalue weighted by Crippen LogP contribution is 2.29. The zero-order valence-electron chi connectivity index (χ0n) is 18.4. The van der Waals surface area contributed by atoms with Crippen LogP contribution in [0, 0.1) is 5.82 Å². The van der Waals surface area contributed by atoms with Crippen LogP contribution in [0.25, 0.3) is 11.1 Å². The van der Waals surface area contributed by atoms with Crippen molar-refractivity contribution in [3.8, 4) is 11.1 Å². The number of rotatable bonds is 4. The molecule has 0 N–H and O–H groups in total. The van der Waals surface area contributed by atoms with Crippen LogP contribution >= 0.6 is 0 Å². The molecule has 0 radical (unpaired) electrons. The molecule has 32 heavy (non-hydrogen) atoms. The minimum absolute atomic E-state index is 0.105. The standard InChI is InChI=1S/C24H27FN6O/c1-17(19-8-9-20(21(25)16-19)18-6-4-3-5-7-18)22-27-23(28-29(22)2)31-11-10-26-24(31)30-12-14-32-15-13-30/h3-9,16-17H,10-15H2,1-2H3. The first-order chi connectivity index (χ1) is 15.6. The SMILES string of the molecule is CC(c1ccc(-c2ccccc2)c(F)c1)c1nc(N2CCN=C2N2CCOCC2)nn1C. The molecule has 166 valence electrons. The third-order valence-electron chi connectivity index (χ3n) is 6.10. The summed E-state index contributed by atoms with van der Waals surface area (Å²) in [6.45, 7) is 6.56. The van der Waals surface area contributed by atoms with Gasteiger partial charge in [0, 0.05) is 38.2 Å². The number of aryl methyl sites for hydroxylation is 1. The molecule has 1 aromatic heterocycles. The Labute approximate surface area is 187 Å². The molecule has 7 nitrogen and oxygen atoms in total. The van der Waals surface area contributed by atoms with Gasteiger partial charge in [-0.15, -0.1) is 5.10 Å². The minimum atomic E-state index is -0.232. The van der Waals surface area contributed by atoms with Crippen molar-refractivity contribution >= 4 is 11.9 Å². The molecule has 8 heteroatoms. The zero-order valence-corrected chi connectivity index (χ0v) is 18.4. The van der Waals surface area contributed by atoms with Crippen LogP contribution in [-0.4, -0.2) is 65.0 Å². The van der Waals surface area contributed by atoms with Crippen molar-refractivity contribution in [1.29, 1.82) is 0 Å². The Morgan fingerprint density at radius 3 is 2.56 bits per heavy atom. The second-order valence-electron chi connectivity index (χ2n) is 8.15. The van der Waals surface area contributed by atoms with E-state index in [-0.39, 0.29) is 11.7 Å². The normalized spacial score (nSPS) is 17.5. The van der Waals surface area contributed by atoms with Crippen molar-refractivity contribution in [2.24, 2.45) is 12.0 Å². The molecule has 0 bridgehead atoms. The van der Waals surface area contributed by atoms with Gasteiger partial charge in [0.25, 0.3) is 5.95 Å². The second-order valence-corrected chi connectivity index (χ2v) is 8.15. The molecular weight excluding hydrogens is 407 g/mol. The largest absolute Gasteiger partial charge is 0.378 e. The molecule has 0 spiro atoms. The van der Waals surface area contributed by atoms with Gasteiger partial charge in [-0.2, -0.15) is 4.98 Å². The van der Waals surface area contributed by atoms with E-state index in [9.17, 15) is 4.39 Å². The molecular formula is C24H27FN6O. The summed E-state index contributed by atoms with van der Waals surface area (Å²) in [5, 5.41) is 4.67. The molecule has 3 heterocycles. The second kappa shape index (κ2) is 8.70. The summed E-state index contributed by atoms with van der Waals surface area (Å²) in [6.07, 6.45) is 0. The number of anilines is 1.